The van der Waals surface area contributed by atoms with E-state index in [0.29, 0.717) is 0 Å². The van der Waals surface area contributed by atoms with Gasteiger partial charge in [0.15, 0.2) is 18.2 Å². The summed E-state index contributed by atoms with van der Waals surface area (Å²) >= 11 is 0. The van der Waals surface area contributed by atoms with Crippen molar-refractivity contribution in [3.05, 3.63) is 42.4 Å². The van der Waals surface area contributed by atoms with Crippen LogP contribution in [0.3, 0.4) is 0 Å². The number of rotatable bonds is 6. The van der Waals surface area contributed by atoms with Crippen LogP contribution in [0.15, 0.2) is 36.8 Å². The van der Waals surface area contributed by atoms with Gasteiger partial charge >= 0.3 is 0 Å². The van der Waals surface area contributed by atoms with Crippen LogP contribution in [0, 0.1) is 6.92 Å². The molecule has 3 aromatic rings. The summed E-state index contributed by atoms with van der Waals surface area (Å²) < 4.78 is 2.24. The van der Waals surface area contributed by atoms with Crippen molar-refractivity contribution in [1.29, 1.82) is 0 Å². The molecule has 0 aliphatic heterocycles. The number of aromatic amines is 1. The lowest BCUT2D eigenvalue weighted by Crippen LogP contribution is -2.32. The fraction of sp³-hybridized carbons (Fsp3) is 0.389. The molecule has 4 nitrogen and oxygen atoms in total. The largest absolute Gasteiger partial charge is 0.332 e. The number of hydrogen-bond donors (Lipinski definition) is 1. The average molecular weight is 295 g/mol. The van der Waals surface area contributed by atoms with E-state index in [-0.39, 0.29) is 0 Å². The van der Waals surface area contributed by atoms with Crippen molar-refractivity contribution in [2.45, 2.75) is 46.1 Å². The van der Waals surface area contributed by atoms with Crippen LogP contribution in [0.1, 0.15) is 38.2 Å². The minimum Gasteiger partial charge on any atom is -0.332 e. The normalized spacial score (nSPS) is 11.2. The van der Waals surface area contributed by atoms with Crippen molar-refractivity contribution in [3.63, 3.8) is 0 Å². The summed E-state index contributed by atoms with van der Waals surface area (Å²) in [6.07, 6.45) is 11.2. The molecule has 4 heteroatoms. The van der Waals surface area contributed by atoms with Crippen LogP contribution < -0.4 is 4.57 Å². The first kappa shape index (κ1) is 14.7. The van der Waals surface area contributed by atoms with Gasteiger partial charge in [0.2, 0.25) is 0 Å². The Morgan fingerprint density at radius 3 is 2.91 bits per heavy atom. The highest BCUT2D eigenvalue weighted by molar-refractivity contribution is 5.76. The second-order valence-electron chi connectivity index (χ2n) is 5.85. The number of unbranched alkanes of at least 4 members (excludes halogenated alkanes) is 3. The molecule has 3 aromatic heterocycles. The third-order valence-corrected chi connectivity index (χ3v) is 3.91. The van der Waals surface area contributed by atoms with Crippen molar-refractivity contribution >= 4 is 11.0 Å². The van der Waals surface area contributed by atoms with Gasteiger partial charge < -0.3 is 4.98 Å². The monoisotopic (exact) mass is 295 g/mol. The first-order valence-electron chi connectivity index (χ1n) is 8.08. The fourth-order valence-electron chi connectivity index (χ4n) is 2.65. The molecule has 0 bridgehead atoms. The summed E-state index contributed by atoms with van der Waals surface area (Å²) in [5, 5.41) is 0. The Bertz CT molecular complexity index is 761. The molecule has 0 fully saturated rings. The number of hydrogen-bond acceptors (Lipinski definition) is 2. The van der Waals surface area contributed by atoms with E-state index in [2.05, 4.69) is 57.9 Å². The molecular weight excluding hydrogens is 272 g/mol. The van der Waals surface area contributed by atoms with Crippen molar-refractivity contribution in [3.8, 4) is 11.5 Å². The van der Waals surface area contributed by atoms with Crippen LogP contribution in [0.25, 0.3) is 22.6 Å². The number of aryl methyl sites for hydroxylation is 2. The Morgan fingerprint density at radius 1 is 1.18 bits per heavy atom. The lowest BCUT2D eigenvalue weighted by atomic mass is 10.2. The van der Waals surface area contributed by atoms with Gasteiger partial charge in [-0.25, -0.2) is 9.55 Å². The lowest BCUT2D eigenvalue weighted by molar-refractivity contribution is -0.696. The number of pyridine rings is 2. The van der Waals surface area contributed by atoms with Crippen LogP contribution in [-0.4, -0.2) is 15.0 Å². The number of nitrogens with one attached hydrogen (secondary N) is 1. The third-order valence-electron chi connectivity index (χ3n) is 3.91. The third kappa shape index (κ3) is 3.32. The summed E-state index contributed by atoms with van der Waals surface area (Å²) in [6.45, 7) is 5.37. The maximum atomic E-state index is 4.64. The zero-order valence-electron chi connectivity index (χ0n) is 13.3. The molecule has 0 aliphatic rings. The molecule has 0 amide bonds. The molecule has 0 saturated carbocycles. The molecule has 1 N–H and O–H groups in total. The average Bonchev–Trinajstić information content (AvgIpc) is 2.95. The molecule has 3 heterocycles. The van der Waals surface area contributed by atoms with Gasteiger partial charge in [-0.15, -0.1) is 0 Å². The Hall–Kier alpha value is -2.23. The van der Waals surface area contributed by atoms with Crippen molar-refractivity contribution < 1.29 is 4.57 Å². The Balaban J connectivity index is 1.81. The van der Waals surface area contributed by atoms with E-state index in [4.69, 9.17) is 0 Å². The first-order valence-corrected chi connectivity index (χ1v) is 8.08. The molecule has 0 aromatic carbocycles. The predicted molar refractivity (Wildman–Crippen MR) is 88.4 cm³/mol. The fourth-order valence-corrected chi connectivity index (χ4v) is 2.65. The van der Waals surface area contributed by atoms with Crippen LogP contribution in [0.5, 0.6) is 0 Å². The van der Waals surface area contributed by atoms with Gasteiger partial charge in [-0.1, -0.05) is 19.8 Å². The number of fused-ring (bicyclic) bond motifs is 1. The smallest absolute Gasteiger partial charge is 0.194 e. The molecule has 0 unspecified atom stereocenters. The standard InChI is InChI=1S/C18H22N4/c1-3-4-5-6-10-22-11-8-15-17(13-22)21-18(20-15)16-12-14(2)7-9-19-16/h7-9,11-13H,3-6,10H2,1-2H3/p+1. The zero-order valence-corrected chi connectivity index (χ0v) is 13.3. The van der Waals surface area contributed by atoms with Gasteiger partial charge in [0.1, 0.15) is 23.3 Å². The summed E-state index contributed by atoms with van der Waals surface area (Å²) in [5.74, 6) is 0.836. The van der Waals surface area contributed by atoms with Gasteiger partial charge in [0, 0.05) is 18.7 Å². The van der Waals surface area contributed by atoms with Crippen LogP contribution >= 0.6 is 0 Å². The van der Waals surface area contributed by atoms with E-state index in [9.17, 15) is 0 Å². The minimum atomic E-state index is 0.836. The Kier molecular flexibility index (Phi) is 4.47. The molecule has 114 valence electrons. The minimum absolute atomic E-state index is 0.836. The molecule has 0 spiro atoms. The molecule has 0 radical (unpaired) electrons. The van der Waals surface area contributed by atoms with Gasteiger partial charge in [-0.05, 0) is 31.0 Å². The van der Waals surface area contributed by atoms with Crippen molar-refractivity contribution in [2.75, 3.05) is 0 Å². The van der Waals surface area contributed by atoms with E-state index in [1.54, 1.807) is 0 Å². The number of aromatic nitrogens is 4. The summed E-state index contributed by atoms with van der Waals surface area (Å²) in [4.78, 5) is 12.4. The number of H-pyrrole nitrogens is 1. The van der Waals surface area contributed by atoms with Gasteiger partial charge in [0.05, 0.1) is 0 Å². The van der Waals surface area contributed by atoms with Crippen LogP contribution in [-0.2, 0) is 6.54 Å². The lowest BCUT2D eigenvalue weighted by Gasteiger charge is -1.97. The second-order valence-corrected chi connectivity index (χ2v) is 5.85. The zero-order chi connectivity index (χ0) is 15.4. The molecule has 0 saturated heterocycles. The topological polar surface area (TPSA) is 45.5 Å². The van der Waals surface area contributed by atoms with Crippen molar-refractivity contribution in [2.24, 2.45) is 0 Å². The quantitative estimate of drug-likeness (QED) is 0.555. The maximum absolute atomic E-state index is 4.64. The van der Waals surface area contributed by atoms with Gasteiger partial charge in [-0.2, -0.15) is 0 Å². The summed E-state index contributed by atoms with van der Waals surface area (Å²) in [5.41, 5.74) is 4.14. The predicted octanol–water partition coefficient (Wildman–Crippen LogP) is 3.80. The molecular formula is C18H23N4+. The summed E-state index contributed by atoms with van der Waals surface area (Å²) in [7, 11) is 0. The molecule has 22 heavy (non-hydrogen) atoms. The van der Waals surface area contributed by atoms with Gasteiger partial charge in [0.25, 0.3) is 0 Å². The van der Waals surface area contributed by atoms with E-state index in [0.717, 1.165) is 29.1 Å². The number of imidazole rings is 1. The molecule has 3 rings (SSSR count). The van der Waals surface area contributed by atoms with Gasteiger partial charge in [-0.3, -0.25) is 4.98 Å². The highest BCUT2D eigenvalue weighted by atomic mass is 15.0. The maximum Gasteiger partial charge on any atom is 0.194 e. The summed E-state index contributed by atoms with van der Waals surface area (Å²) in [6, 6.07) is 6.12. The van der Waals surface area contributed by atoms with E-state index in [1.165, 1.54) is 31.2 Å². The molecule has 0 aliphatic carbocycles. The van der Waals surface area contributed by atoms with Crippen molar-refractivity contribution in [1.82, 2.24) is 15.0 Å². The first-order chi connectivity index (χ1) is 10.8. The van der Waals surface area contributed by atoms with E-state index >= 15 is 0 Å². The number of nitrogens with zero attached hydrogens (tertiary/aromatic N) is 3. The Labute approximate surface area is 131 Å². The van der Waals surface area contributed by atoms with Crippen LogP contribution in [0.2, 0.25) is 0 Å². The SMILES string of the molecule is CCCCCC[n+]1ccc2nc(-c3cc(C)ccn3)[nH]c2c1. The highest BCUT2D eigenvalue weighted by Gasteiger charge is 2.10. The molecule has 0 atom stereocenters. The highest BCUT2D eigenvalue weighted by Crippen LogP contribution is 2.18. The second kappa shape index (κ2) is 6.69. The Morgan fingerprint density at radius 2 is 2.09 bits per heavy atom. The van der Waals surface area contributed by atoms with E-state index < -0.39 is 0 Å². The van der Waals surface area contributed by atoms with E-state index in [1.807, 2.05) is 12.3 Å². The van der Waals surface area contributed by atoms with Crippen LogP contribution in [0.4, 0.5) is 0 Å².